The second kappa shape index (κ2) is 3.74. The molecule has 78 valence electrons. The minimum Gasteiger partial charge on any atom is -0.494 e. The topological polar surface area (TPSA) is 60.2 Å². The third kappa shape index (κ3) is 1.59. The average molecular weight is 203 g/mol. The highest BCUT2D eigenvalue weighted by Gasteiger charge is 2.06. The van der Waals surface area contributed by atoms with Crippen LogP contribution in [-0.4, -0.2) is 12.1 Å². The Hall–Kier alpha value is -1.81. The monoisotopic (exact) mass is 203 g/mol. The molecule has 1 heterocycles. The van der Waals surface area contributed by atoms with Crippen molar-refractivity contribution in [2.75, 3.05) is 12.5 Å². The van der Waals surface area contributed by atoms with Crippen LogP contribution >= 0.6 is 0 Å². The second-order valence-electron chi connectivity index (χ2n) is 3.33. The lowest BCUT2D eigenvalue weighted by atomic mass is 10.1. The average Bonchev–Trinajstić information content (AvgIpc) is 2.28. The van der Waals surface area contributed by atoms with E-state index in [4.69, 9.17) is 10.6 Å². The smallest absolute Gasteiger partial charge is 0.145 e. The van der Waals surface area contributed by atoms with Gasteiger partial charge in [-0.1, -0.05) is 12.1 Å². The number of benzene rings is 1. The van der Waals surface area contributed by atoms with Gasteiger partial charge in [-0.25, -0.2) is 10.8 Å². The molecule has 15 heavy (non-hydrogen) atoms. The van der Waals surface area contributed by atoms with Gasteiger partial charge in [-0.15, -0.1) is 0 Å². The zero-order valence-electron chi connectivity index (χ0n) is 8.74. The van der Waals surface area contributed by atoms with Crippen LogP contribution in [0.2, 0.25) is 0 Å². The molecule has 4 heteroatoms. The van der Waals surface area contributed by atoms with Crippen LogP contribution < -0.4 is 16.0 Å². The maximum Gasteiger partial charge on any atom is 0.145 e. The number of anilines is 1. The molecule has 0 saturated heterocycles. The van der Waals surface area contributed by atoms with Crippen molar-refractivity contribution in [3.8, 4) is 5.75 Å². The molecule has 0 aliphatic heterocycles. The van der Waals surface area contributed by atoms with Gasteiger partial charge in [0.1, 0.15) is 17.1 Å². The van der Waals surface area contributed by atoms with Gasteiger partial charge in [-0.2, -0.15) is 0 Å². The number of rotatable bonds is 2. The summed E-state index contributed by atoms with van der Waals surface area (Å²) in [5, 5.41) is 1.08. The summed E-state index contributed by atoms with van der Waals surface area (Å²) in [5.74, 6) is 6.75. The van der Waals surface area contributed by atoms with Gasteiger partial charge in [0, 0.05) is 5.39 Å². The number of pyridine rings is 1. The molecular formula is C11H13N3O. The quantitative estimate of drug-likeness (QED) is 0.577. The van der Waals surface area contributed by atoms with Crippen molar-refractivity contribution in [1.29, 1.82) is 0 Å². The van der Waals surface area contributed by atoms with E-state index in [0.29, 0.717) is 5.82 Å². The Bertz CT molecular complexity index is 496. The number of nitrogens with two attached hydrogens (primary N) is 1. The lowest BCUT2D eigenvalue weighted by Crippen LogP contribution is -2.08. The Morgan fingerprint density at radius 2 is 2.20 bits per heavy atom. The maximum atomic E-state index is 5.35. The molecule has 0 unspecified atom stereocenters. The van der Waals surface area contributed by atoms with Gasteiger partial charge in [-0.05, 0) is 24.6 Å². The first kappa shape index (κ1) is 9.73. The first-order valence-corrected chi connectivity index (χ1v) is 4.67. The Morgan fingerprint density at radius 3 is 2.87 bits per heavy atom. The van der Waals surface area contributed by atoms with E-state index in [1.54, 1.807) is 7.11 Å². The van der Waals surface area contributed by atoms with Crippen LogP contribution in [0.5, 0.6) is 5.75 Å². The number of methoxy groups -OCH3 is 1. The third-order valence-corrected chi connectivity index (χ3v) is 2.38. The van der Waals surface area contributed by atoms with Crippen molar-refractivity contribution >= 4 is 16.7 Å². The van der Waals surface area contributed by atoms with Crippen molar-refractivity contribution in [3.05, 3.63) is 29.8 Å². The van der Waals surface area contributed by atoms with Crippen LogP contribution in [0.15, 0.2) is 24.3 Å². The first-order valence-electron chi connectivity index (χ1n) is 4.67. The van der Waals surface area contributed by atoms with Gasteiger partial charge in [0.15, 0.2) is 0 Å². The highest BCUT2D eigenvalue weighted by atomic mass is 16.5. The van der Waals surface area contributed by atoms with E-state index in [9.17, 15) is 0 Å². The van der Waals surface area contributed by atoms with Crippen LogP contribution in [0.4, 0.5) is 5.82 Å². The van der Waals surface area contributed by atoms with Crippen LogP contribution in [0, 0.1) is 6.92 Å². The standard InChI is InChI=1S/C11H13N3O/c1-7-6-10(14-12)13-11-8(7)4-3-5-9(11)15-2/h3-6H,12H2,1-2H3,(H,13,14). The molecule has 1 aromatic heterocycles. The van der Waals surface area contributed by atoms with Crippen LogP contribution in [0.25, 0.3) is 10.9 Å². The van der Waals surface area contributed by atoms with Crippen LogP contribution in [-0.2, 0) is 0 Å². The van der Waals surface area contributed by atoms with Gasteiger partial charge in [-0.3, -0.25) is 0 Å². The molecule has 0 atom stereocenters. The minimum atomic E-state index is 0.643. The Labute approximate surface area is 88.0 Å². The van der Waals surface area contributed by atoms with Crippen molar-refractivity contribution in [2.24, 2.45) is 5.84 Å². The number of nitrogen functional groups attached to an aromatic ring is 1. The lowest BCUT2D eigenvalue weighted by Gasteiger charge is -2.08. The molecule has 0 aliphatic rings. The predicted octanol–water partition coefficient (Wildman–Crippen LogP) is 1.84. The molecule has 2 rings (SSSR count). The number of hydrogen-bond acceptors (Lipinski definition) is 4. The normalized spacial score (nSPS) is 10.3. The summed E-state index contributed by atoms with van der Waals surface area (Å²) >= 11 is 0. The van der Waals surface area contributed by atoms with Crippen molar-refractivity contribution in [3.63, 3.8) is 0 Å². The number of nitrogens with zero attached hydrogens (tertiary/aromatic N) is 1. The number of hydrogen-bond donors (Lipinski definition) is 2. The molecule has 0 spiro atoms. The van der Waals surface area contributed by atoms with E-state index in [2.05, 4.69) is 10.4 Å². The van der Waals surface area contributed by atoms with E-state index in [1.165, 1.54) is 0 Å². The van der Waals surface area contributed by atoms with Crippen molar-refractivity contribution in [1.82, 2.24) is 4.98 Å². The number of aromatic nitrogens is 1. The Kier molecular flexibility index (Phi) is 2.43. The second-order valence-corrected chi connectivity index (χ2v) is 3.33. The molecule has 0 fully saturated rings. The summed E-state index contributed by atoms with van der Waals surface area (Å²) in [7, 11) is 1.63. The van der Waals surface area contributed by atoms with E-state index in [1.807, 2.05) is 31.2 Å². The summed E-state index contributed by atoms with van der Waals surface area (Å²) in [6, 6.07) is 7.75. The molecule has 0 bridgehead atoms. The fourth-order valence-corrected chi connectivity index (χ4v) is 1.63. The summed E-state index contributed by atoms with van der Waals surface area (Å²) in [6.45, 7) is 2.02. The number of para-hydroxylation sites is 1. The molecule has 0 radical (unpaired) electrons. The number of fused-ring (bicyclic) bond motifs is 1. The molecule has 4 nitrogen and oxygen atoms in total. The molecule has 3 N–H and O–H groups in total. The molecule has 0 aliphatic carbocycles. The summed E-state index contributed by atoms with van der Waals surface area (Å²) < 4.78 is 5.25. The van der Waals surface area contributed by atoms with Crippen LogP contribution in [0.1, 0.15) is 5.56 Å². The number of aryl methyl sites for hydroxylation is 1. The lowest BCUT2D eigenvalue weighted by molar-refractivity contribution is 0.419. The molecular weight excluding hydrogens is 190 g/mol. The number of ether oxygens (including phenoxy) is 1. The highest BCUT2D eigenvalue weighted by Crippen LogP contribution is 2.27. The fraction of sp³-hybridized carbons (Fsp3) is 0.182. The van der Waals surface area contributed by atoms with Gasteiger partial charge < -0.3 is 10.2 Å². The third-order valence-electron chi connectivity index (χ3n) is 2.38. The van der Waals surface area contributed by atoms with Crippen molar-refractivity contribution in [2.45, 2.75) is 6.92 Å². The number of nitrogens with one attached hydrogen (secondary N) is 1. The first-order chi connectivity index (χ1) is 7.26. The molecule has 2 aromatic rings. The largest absolute Gasteiger partial charge is 0.494 e. The van der Waals surface area contributed by atoms with Gasteiger partial charge in [0.05, 0.1) is 7.11 Å². The zero-order valence-corrected chi connectivity index (χ0v) is 8.74. The molecule has 1 aromatic carbocycles. The van der Waals surface area contributed by atoms with E-state index < -0.39 is 0 Å². The fourth-order valence-electron chi connectivity index (χ4n) is 1.63. The van der Waals surface area contributed by atoms with Gasteiger partial charge in [0.25, 0.3) is 0 Å². The summed E-state index contributed by atoms with van der Waals surface area (Å²) in [6.07, 6.45) is 0. The highest BCUT2D eigenvalue weighted by molar-refractivity contribution is 5.88. The van der Waals surface area contributed by atoms with Gasteiger partial charge >= 0.3 is 0 Å². The van der Waals surface area contributed by atoms with Crippen molar-refractivity contribution < 1.29 is 4.74 Å². The van der Waals surface area contributed by atoms with E-state index in [-0.39, 0.29) is 0 Å². The minimum absolute atomic E-state index is 0.643. The van der Waals surface area contributed by atoms with E-state index >= 15 is 0 Å². The molecule has 0 saturated carbocycles. The SMILES string of the molecule is COc1cccc2c(C)cc(NN)nc12. The summed E-state index contributed by atoms with van der Waals surface area (Å²) in [4.78, 5) is 4.36. The van der Waals surface area contributed by atoms with Crippen LogP contribution in [0.3, 0.4) is 0 Å². The van der Waals surface area contributed by atoms with Gasteiger partial charge in [0.2, 0.25) is 0 Å². The zero-order chi connectivity index (χ0) is 10.8. The Morgan fingerprint density at radius 1 is 1.40 bits per heavy atom. The molecule has 0 amide bonds. The maximum absolute atomic E-state index is 5.35. The summed E-state index contributed by atoms with van der Waals surface area (Å²) in [5.41, 5.74) is 4.49. The van der Waals surface area contributed by atoms with E-state index in [0.717, 1.165) is 22.2 Å². The Balaban J connectivity index is 2.79. The predicted molar refractivity (Wildman–Crippen MR) is 60.8 cm³/mol. The number of hydrazine groups is 1.